The zero-order chi connectivity index (χ0) is 23.8. The third-order valence-corrected chi connectivity index (χ3v) is 7.07. The summed E-state index contributed by atoms with van der Waals surface area (Å²) < 4.78 is 30.8. The topological polar surface area (TPSA) is 92.7 Å². The first-order valence-electron chi connectivity index (χ1n) is 10.6. The van der Waals surface area contributed by atoms with Gasteiger partial charge in [-0.1, -0.05) is 42.8 Å². The van der Waals surface area contributed by atoms with E-state index < -0.39 is 15.9 Å². The van der Waals surface area contributed by atoms with E-state index >= 15 is 0 Å². The molecule has 8 heteroatoms. The molecule has 174 valence electrons. The monoisotopic (exact) mass is 487 g/mol. The molecule has 33 heavy (non-hydrogen) atoms. The third kappa shape index (κ3) is 6.88. The number of aliphatic hydroxyl groups is 1. The number of aliphatic hydroxyl groups excluding tert-OH is 1. The maximum Gasteiger partial charge on any atom is 0.310 e. The standard InChI is InChI=1S/C25H26ClNO5S/c1-2-25(29)32-21-8-12-23(13-9-21)33(30,31)22-10-6-18(7-11-22)14-15-27-17-24(28)19-4-3-5-20(26)16-19/h3-13,16,24,27-28H,2,14-15,17H2,1H3. The van der Waals surface area contributed by atoms with Gasteiger partial charge < -0.3 is 15.2 Å². The molecule has 0 saturated carbocycles. The highest BCUT2D eigenvalue weighted by Gasteiger charge is 2.18. The Bertz CT molecular complexity index is 1180. The SMILES string of the molecule is CCC(=O)Oc1ccc(S(=O)(=O)c2ccc(CCNCC(O)c3cccc(Cl)c3)cc2)cc1. The van der Waals surface area contributed by atoms with Crippen molar-refractivity contribution in [2.75, 3.05) is 13.1 Å². The number of benzene rings is 3. The van der Waals surface area contributed by atoms with Crippen LogP contribution in [0.25, 0.3) is 0 Å². The second-order valence-corrected chi connectivity index (χ2v) is 9.86. The van der Waals surface area contributed by atoms with Crippen molar-refractivity contribution in [2.24, 2.45) is 0 Å². The van der Waals surface area contributed by atoms with Crippen LogP contribution in [0.3, 0.4) is 0 Å². The van der Waals surface area contributed by atoms with E-state index in [4.69, 9.17) is 16.3 Å². The van der Waals surface area contributed by atoms with Crippen LogP contribution in [0, 0.1) is 0 Å². The Morgan fingerprint density at radius 3 is 2.27 bits per heavy atom. The van der Waals surface area contributed by atoms with Crippen LogP contribution < -0.4 is 10.1 Å². The smallest absolute Gasteiger partial charge is 0.310 e. The van der Waals surface area contributed by atoms with E-state index in [0.717, 1.165) is 11.1 Å². The Hall–Kier alpha value is -2.71. The molecule has 1 unspecified atom stereocenters. The first-order chi connectivity index (χ1) is 15.8. The molecule has 0 heterocycles. The fraction of sp³-hybridized carbons (Fsp3) is 0.240. The van der Waals surface area contributed by atoms with Gasteiger partial charge in [0.05, 0.1) is 15.9 Å². The molecular weight excluding hydrogens is 462 g/mol. The number of carbonyl (C=O) groups is 1. The molecule has 6 nitrogen and oxygen atoms in total. The van der Waals surface area contributed by atoms with E-state index in [2.05, 4.69) is 5.32 Å². The molecule has 3 aromatic rings. The van der Waals surface area contributed by atoms with Gasteiger partial charge in [-0.3, -0.25) is 4.79 Å². The van der Waals surface area contributed by atoms with Gasteiger partial charge in [-0.05, 0) is 72.6 Å². The number of halogens is 1. The maximum atomic E-state index is 12.9. The van der Waals surface area contributed by atoms with Gasteiger partial charge in [0.25, 0.3) is 0 Å². The Morgan fingerprint density at radius 2 is 1.67 bits per heavy atom. The fourth-order valence-electron chi connectivity index (χ4n) is 3.17. The Kier molecular flexibility index (Phi) is 8.63. The summed E-state index contributed by atoms with van der Waals surface area (Å²) in [5, 5.41) is 14.0. The summed E-state index contributed by atoms with van der Waals surface area (Å²) in [4.78, 5) is 11.7. The summed E-state index contributed by atoms with van der Waals surface area (Å²) in [5.74, 6) is -0.0706. The minimum atomic E-state index is -3.68. The van der Waals surface area contributed by atoms with Crippen molar-refractivity contribution in [1.82, 2.24) is 5.32 Å². The Morgan fingerprint density at radius 1 is 1.03 bits per heavy atom. The van der Waals surface area contributed by atoms with Crippen molar-refractivity contribution in [3.63, 3.8) is 0 Å². The van der Waals surface area contributed by atoms with Crippen LogP contribution in [0.4, 0.5) is 0 Å². The summed E-state index contributed by atoms with van der Waals surface area (Å²) in [6, 6.07) is 19.6. The number of ether oxygens (including phenoxy) is 1. The van der Waals surface area contributed by atoms with Gasteiger partial charge >= 0.3 is 5.97 Å². The molecule has 0 spiro atoms. The molecule has 0 aliphatic carbocycles. The van der Waals surface area contributed by atoms with Crippen LogP contribution in [0.5, 0.6) is 5.75 Å². The van der Waals surface area contributed by atoms with Crippen molar-refractivity contribution in [3.05, 3.63) is 88.9 Å². The summed E-state index contributed by atoms with van der Waals surface area (Å²) >= 11 is 5.95. The summed E-state index contributed by atoms with van der Waals surface area (Å²) in [5.41, 5.74) is 1.72. The van der Waals surface area contributed by atoms with Gasteiger partial charge in [0.2, 0.25) is 9.84 Å². The van der Waals surface area contributed by atoms with Crippen molar-refractivity contribution < 1.29 is 23.1 Å². The Labute approximate surface area is 199 Å². The van der Waals surface area contributed by atoms with Crippen LogP contribution in [-0.2, 0) is 21.1 Å². The number of hydrogen-bond acceptors (Lipinski definition) is 6. The van der Waals surface area contributed by atoms with Gasteiger partial charge in [0.1, 0.15) is 5.75 Å². The molecule has 0 aliphatic rings. The molecule has 0 saturated heterocycles. The predicted octanol–water partition coefficient (Wildman–Crippen LogP) is 4.35. The third-order valence-electron chi connectivity index (χ3n) is 5.05. The van der Waals surface area contributed by atoms with E-state index in [9.17, 15) is 18.3 Å². The molecule has 1 atom stereocenters. The minimum absolute atomic E-state index is 0.128. The molecule has 3 rings (SSSR count). The molecule has 2 N–H and O–H groups in total. The largest absolute Gasteiger partial charge is 0.427 e. The van der Waals surface area contributed by atoms with Gasteiger partial charge in [0, 0.05) is 18.0 Å². The number of esters is 1. The predicted molar refractivity (Wildman–Crippen MR) is 127 cm³/mol. The normalized spacial score (nSPS) is 12.3. The van der Waals surface area contributed by atoms with Crippen LogP contribution in [0.15, 0.2) is 82.6 Å². The van der Waals surface area contributed by atoms with Crippen molar-refractivity contribution in [1.29, 1.82) is 0 Å². The van der Waals surface area contributed by atoms with Gasteiger partial charge in [-0.2, -0.15) is 0 Å². The number of sulfone groups is 1. The van der Waals surface area contributed by atoms with Crippen LogP contribution in [-0.4, -0.2) is 32.6 Å². The van der Waals surface area contributed by atoms with Crippen LogP contribution >= 0.6 is 11.6 Å². The lowest BCUT2D eigenvalue weighted by Crippen LogP contribution is -2.23. The van der Waals surface area contributed by atoms with E-state index in [0.29, 0.717) is 30.3 Å². The highest BCUT2D eigenvalue weighted by atomic mass is 35.5. The minimum Gasteiger partial charge on any atom is -0.427 e. The summed E-state index contributed by atoms with van der Waals surface area (Å²) in [6.07, 6.45) is 0.262. The Balaban J connectivity index is 1.54. The number of carbonyl (C=O) groups excluding carboxylic acids is 1. The second-order valence-electron chi connectivity index (χ2n) is 7.47. The number of nitrogens with one attached hydrogen (secondary N) is 1. The van der Waals surface area contributed by atoms with Crippen molar-refractivity contribution >= 4 is 27.4 Å². The number of hydrogen-bond donors (Lipinski definition) is 2. The molecule has 0 bridgehead atoms. The maximum absolute atomic E-state index is 12.9. The number of rotatable bonds is 10. The lowest BCUT2D eigenvalue weighted by atomic mass is 10.1. The highest BCUT2D eigenvalue weighted by molar-refractivity contribution is 7.91. The van der Waals surface area contributed by atoms with Crippen LogP contribution in [0.2, 0.25) is 5.02 Å². The van der Waals surface area contributed by atoms with E-state index in [1.807, 2.05) is 6.07 Å². The van der Waals surface area contributed by atoms with Crippen LogP contribution in [0.1, 0.15) is 30.6 Å². The highest BCUT2D eigenvalue weighted by Crippen LogP contribution is 2.24. The van der Waals surface area contributed by atoms with E-state index in [-0.39, 0.29) is 22.2 Å². The zero-order valence-electron chi connectivity index (χ0n) is 18.2. The van der Waals surface area contributed by atoms with Gasteiger partial charge in [-0.25, -0.2) is 8.42 Å². The van der Waals surface area contributed by atoms with Gasteiger partial charge in [0.15, 0.2) is 0 Å². The lowest BCUT2D eigenvalue weighted by molar-refractivity contribution is -0.134. The molecule has 0 radical (unpaired) electrons. The van der Waals surface area contributed by atoms with E-state index in [1.54, 1.807) is 49.4 Å². The molecule has 3 aromatic carbocycles. The molecule has 0 fully saturated rings. The van der Waals surface area contributed by atoms with Crippen molar-refractivity contribution in [2.45, 2.75) is 35.7 Å². The van der Waals surface area contributed by atoms with E-state index in [1.165, 1.54) is 24.3 Å². The summed E-state index contributed by atoms with van der Waals surface area (Å²) in [7, 11) is -3.68. The molecular formula is C25H26ClNO5S. The molecule has 0 amide bonds. The average Bonchev–Trinajstić information content (AvgIpc) is 2.82. The average molecular weight is 488 g/mol. The zero-order valence-corrected chi connectivity index (χ0v) is 19.8. The van der Waals surface area contributed by atoms with Crippen molar-refractivity contribution in [3.8, 4) is 5.75 Å². The second kappa shape index (κ2) is 11.4. The molecule has 0 aliphatic heterocycles. The quantitative estimate of drug-likeness (QED) is 0.251. The first-order valence-corrected chi connectivity index (χ1v) is 12.4. The molecule has 0 aromatic heterocycles. The summed E-state index contributed by atoms with van der Waals surface area (Å²) in [6.45, 7) is 2.70. The van der Waals surface area contributed by atoms with Gasteiger partial charge in [-0.15, -0.1) is 0 Å². The lowest BCUT2D eigenvalue weighted by Gasteiger charge is -2.13. The first kappa shape index (κ1) is 24.9. The fourth-order valence-corrected chi connectivity index (χ4v) is 4.62.